The second-order valence-electron chi connectivity index (χ2n) is 2.13. The number of halogens is 1. The van der Waals surface area contributed by atoms with Gasteiger partial charge in [-0.2, -0.15) is 0 Å². The van der Waals surface area contributed by atoms with Crippen LogP contribution in [0, 0.1) is 0 Å². The van der Waals surface area contributed by atoms with Gasteiger partial charge in [0.2, 0.25) is 0 Å². The molecule has 62 valence electrons. The van der Waals surface area contributed by atoms with Crippen molar-refractivity contribution in [2.24, 2.45) is 0 Å². The molecular weight excluding hydrogens is 216 g/mol. The molecule has 4 heteroatoms. The Morgan fingerprint density at radius 3 is 2.30 bits per heavy atom. The van der Waals surface area contributed by atoms with Crippen molar-refractivity contribution in [3.05, 3.63) is 0 Å². The number of hydrogen-bond acceptors (Lipinski definition) is 2. The van der Waals surface area contributed by atoms with Crippen LogP contribution in [0.4, 0.5) is 0 Å². The Kier molecular flexibility index (Phi) is 5.35. The molecule has 0 radical (unpaired) electrons. The first kappa shape index (κ1) is 10.4. The minimum Gasteiger partial charge on any atom is -0.229 e. The average molecular weight is 229 g/mol. The van der Waals surface area contributed by atoms with Crippen LogP contribution in [-0.4, -0.2) is 25.3 Å². The standard InChI is InChI=1S/C6H13BrO2S/c1-2-10(8,9)6-4-3-5-7/h2-6H2,1H3. The molecule has 0 amide bonds. The topological polar surface area (TPSA) is 34.1 Å². The quantitative estimate of drug-likeness (QED) is 0.530. The van der Waals surface area contributed by atoms with Crippen LogP contribution in [0.25, 0.3) is 0 Å². The molecule has 0 rings (SSSR count). The fraction of sp³-hybridized carbons (Fsp3) is 1.00. The van der Waals surface area contributed by atoms with E-state index in [0.717, 1.165) is 18.2 Å². The van der Waals surface area contributed by atoms with Crippen molar-refractivity contribution in [3.8, 4) is 0 Å². The van der Waals surface area contributed by atoms with Gasteiger partial charge in [0.05, 0.1) is 5.75 Å². The third-order valence-electron chi connectivity index (χ3n) is 1.28. The van der Waals surface area contributed by atoms with Gasteiger partial charge < -0.3 is 0 Å². The first-order chi connectivity index (χ1) is 4.62. The lowest BCUT2D eigenvalue weighted by molar-refractivity contribution is 0.594. The Bertz CT molecular complexity index is 163. The van der Waals surface area contributed by atoms with Crippen LogP contribution in [0.5, 0.6) is 0 Å². The van der Waals surface area contributed by atoms with E-state index in [1.54, 1.807) is 6.92 Å². The van der Waals surface area contributed by atoms with Gasteiger partial charge in [-0.1, -0.05) is 22.9 Å². The normalized spacial score (nSPS) is 11.8. The van der Waals surface area contributed by atoms with E-state index in [9.17, 15) is 8.42 Å². The number of unbranched alkanes of at least 4 members (excludes halogenated alkanes) is 1. The van der Waals surface area contributed by atoms with E-state index in [1.165, 1.54) is 0 Å². The molecule has 0 N–H and O–H groups in total. The Morgan fingerprint density at radius 2 is 1.90 bits per heavy atom. The smallest absolute Gasteiger partial charge is 0.150 e. The maximum Gasteiger partial charge on any atom is 0.150 e. The van der Waals surface area contributed by atoms with Gasteiger partial charge in [-0.05, 0) is 12.8 Å². The summed E-state index contributed by atoms with van der Waals surface area (Å²) in [6.45, 7) is 1.68. The lowest BCUT2D eigenvalue weighted by Crippen LogP contribution is -2.08. The summed E-state index contributed by atoms with van der Waals surface area (Å²) < 4.78 is 21.7. The van der Waals surface area contributed by atoms with Crippen molar-refractivity contribution in [1.29, 1.82) is 0 Å². The van der Waals surface area contributed by atoms with Gasteiger partial charge in [-0.25, -0.2) is 8.42 Å². The third kappa shape index (κ3) is 5.23. The van der Waals surface area contributed by atoms with Crippen LogP contribution in [-0.2, 0) is 9.84 Å². The van der Waals surface area contributed by atoms with Crippen LogP contribution >= 0.6 is 15.9 Å². The molecule has 0 aromatic rings. The SMILES string of the molecule is CCS(=O)(=O)CCCCBr. The number of rotatable bonds is 5. The van der Waals surface area contributed by atoms with Gasteiger partial charge in [0.25, 0.3) is 0 Å². The second kappa shape index (κ2) is 5.13. The molecule has 0 heterocycles. The van der Waals surface area contributed by atoms with E-state index >= 15 is 0 Å². The van der Waals surface area contributed by atoms with E-state index in [2.05, 4.69) is 15.9 Å². The van der Waals surface area contributed by atoms with Gasteiger partial charge in [0, 0.05) is 11.1 Å². The highest BCUT2D eigenvalue weighted by molar-refractivity contribution is 9.09. The van der Waals surface area contributed by atoms with E-state index in [0.29, 0.717) is 5.75 Å². The van der Waals surface area contributed by atoms with Crippen LogP contribution < -0.4 is 0 Å². The zero-order valence-corrected chi connectivity index (χ0v) is 8.54. The van der Waals surface area contributed by atoms with E-state index in [1.807, 2.05) is 0 Å². The molecule has 0 spiro atoms. The second-order valence-corrected chi connectivity index (χ2v) is 5.40. The maximum atomic E-state index is 10.9. The summed E-state index contributed by atoms with van der Waals surface area (Å²) in [5, 5.41) is 0.895. The minimum absolute atomic E-state index is 0.273. The Labute approximate surface area is 71.1 Å². The molecule has 10 heavy (non-hydrogen) atoms. The Hall–Kier alpha value is 0.430. The van der Waals surface area contributed by atoms with E-state index in [4.69, 9.17) is 0 Å². The molecule has 2 nitrogen and oxygen atoms in total. The highest BCUT2D eigenvalue weighted by Gasteiger charge is 2.04. The predicted octanol–water partition coefficient (Wildman–Crippen LogP) is 1.60. The van der Waals surface area contributed by atoms with Crippen LogP contribution in [0.3, 0.4) is 0 Å². The zero-order chi connectivity index (χ0) is 8.04. The molecule has 0 aromatic carbocycles. The molecule has 0 aliphatic carbocycles. The molecule has 0 unspecified atom stereocenters. The highest BCUT2D eigenvalue weighted by atomic mass is 79.9. The van der Waals surface area contributed by atoms with Crippen molar-refractivity contribution in [3.63, 3.8) is 0 Å². The number of sulfone groups is 1. The first-order valence-corrected chi connectivity index (χ1v) is 6.33. The van der Waals surface area contributed by atoms with Gasteiger partial charge in [0.1, 0.15) is 9.84 Å². The Balaban J connectivity index is 3.49. The molecular formula is C6H13BrO2S. The maximum absolute atomic E-state index is 10.9. The summed E-state index contributed by atoms with van der Waals surface area (Å²) in [4.78, 5) is 0. The molecule has 0 aromatic heterocycles. The van der Waals surface area contributed by atoms with Crippen molar-refractivity contribution < 1.29 is 8.42 Å². The van der Waals surface area contributed by atoms with Crippen molar-refractivity contribution >= 4 is 25.8 Å². The largest absolute Gasteiger partial charge is 0.229 e. The van der Waals surface area contributed by atoms with Crippen LogP contribution in [0.15, 0.2) is 0 Å². The molecule has 0 saturated heterocycles. The fourth-order valence-electron chi connectivity index (χ4n) is 0.561. The van der Waals surface area contributed by atoms with Crippen molar-refractivity contribution in [2.45, 2.75) is 19.8 Å². The molecule has 0 fully saturated rings. The monoisotopic (exact) mass is 228 g/mol. The summed E-state index contributed by atoms with van der Waals surface area (Å²) in [6.07, 6.45) is 1.72. The lowest BCUT2D eigenvalue weighted by atomic mass is 10.4. The lowest BCUT2D eigenvalue weighted by Gasteiger charge is -1.97. The number of hydrogen-bond donors (Lipinski definition) is 0. The van der Waals surface area contributed by atoms with Gasteiger partial charge in [-0.15, -0.1) is 0 Å². The van der Waals surface area contributed by atoms with Gasteiger partial charge >= 0.3 is 0 Å². The first-order valence-electron chi connectivity index (χ1n) is 3.39. The van der Waals surface area contributed by atoms with Gasteiger partial charge in [0.15, 0.2) is 0 Å². The molecule has 0 aliphatic heterocycles. The summed E-state index contributed by atoms with van der Waals surface area (Å²) in [7, 11) is -2.71. The predicted molar refractivity (Wildman–Crippen MR) is 47.4 cm³/mol. The average Bonchev–Trinajstić information content (AvgIpc) is 1.89. The van der Waals surface area contributed by atoms with Gasteiger partial charge in [-0.3, -0.25) is 0 Å². The van der Waals surface area contributed by atoms with Crippen LogP contribution in [0.2, 0.25) is 0 Å². The van der Waals surface area contributed by atoms with Crippen molar-refractivity contribution in [2.75, 3.05) is 16.8 Å². The van der Waals surface area contributed by atoms with Crippen LogP contribution in [0.1, 0.15) is 19.8 Å². The van der Waals surface area contributed by atoms with E-state index in [-0.39, 0.29) is 5.75 Å². The summed E-state index contributed by atoms with van der Waals surface area (Å²) >= 11 is 3.24. The van der Waals surface area contributed by atoms with E-state index < -0.39 is 9.84 Å². The minimum atomic E-state index is -2.71. The summed E-state index contributed by atoms with van der Waals surface area (Å²) in [5.41, 5.74) is 0. The Morgan fingerprint density at radius 1 is 1.30 bits per heavy atom. The zero-order valence-electron chi connectivity index (χ0n) is 6.14. The molecule has 0 saturated carbocycles. The molecule has 0 atom stereocenters. The number of alkyl halides is 1. The van der Waals surface area contributed by atoms with Crippen molar-refractivity contribution in [1.82, 2.24) is 0 Å². The molecule has 0 aliphatic rings. The molecule has 0 bridgehead atoms. The summed E-state index contributed by atoms with van der Waals surface area (Å²) in [6, 6.07) is 0. The fourth-order valence-corrected chi connectivity index (χ4v) is 1.89. The third-order valence-corrected chi connectivity index (χ3v) is 3.63. The highest BCUT2D eigenvalue weighted by Crippen LogP contribution is 1.98. The summed E-state index contributed by atoms with van der Waals surface area (Å²) in [5.74, 6) is 0.615.